The zero-order chi connectivity index (χ0) is 23.2. The van der Waals surface area contributed by atoms with Crippen molar-refractivity contribution in [2.75, 3.05) is 13.7 Å². The highest BCUT2D eigenvalue weighted by atomic mass is 35.5. The molecule has 33 heavy (non-hydrogen) atoms. The Kier molecular flexibility index (Phi) is 5.62. The highest BCUT2D eigenvalue weighted by Crippen LogP contribution is 2.39. The summed E-state index contributed by atoms with van der Waals surface area (Å²) in [5.74, 6) is -1.30. The molecule has 5 rings (SSSR count). The number of ether oxygens (including phenoxy) is 2. The average molecular weight is 485 g/mol. The van der Waals surface area contributed by atoms with Crippen molar-refractivity contribution >= 4 is 33.2 Å². The van der Waals surface area contributed by atoms with Crippen LogP contribution in [0.5, 0.6) is 11.5 Å². The van der Waals surface area contributed by atoms with E-state index in [2.05, 4.69) is 4.98 Å². The van der Waals surface area contributed by atoms with Gasteiger partial charge in [-0.05, 0) is 48.7 Å². The van der Waals surface area contributed by atoms with Gasteiger partial charge in [-0.1, -0.05) is 23.7 Å². The number of hydrogen-bond donors (Lipinski definition) is 2. The highest BCUT2D eigenvalue weighted by molar-refractivity contribution is 7.22. The third-order valence-electron chi connectivity index (χ3n) is 5.66. The van der Waals surface area contributed by atoms with Crippen LogP contribution in [0.25, 0.3) is 26.3 Å². The number of nitrogens with zero attached hydrogens (tertiary/aromatic N) is 2. The second kappa shape index (κ2) is 8.46. The first-order chi connectivity index (χ1) is 15.9. The van der Waals surface area contributed by atoms with E-state index in [-0.39, 0.29) is 18.1 Å². The molecule has 1 saturated carbocycles. The molecule has 1 fully saturated rings. The van der Waals surface area contributed by atoms with E-state index in [0.717, 1.165) is 23.3 Å². The standard InChI is InChI=1S/C24H21ClN2O5S/c1-31-20-10-17(8-9-19(20)32-12-24(29,30)15-4-5-15)27-13-26-18-11-21(33-22(18)23(27)28)14-2-6-16(25)7-3-14/h2-3,6-11,13,15,29-30H,4-5,12H2,1H3. The van der Waals surface area contributed by atoms with E-state index in [4.69, 9.17) is 21.1 Å². The lowest BCUT2D eigenvalue weighted by Crippen LogP contribution is -2.38. The largest absolute Gasteiger partial charge is 0.493 e. The van der Waals surface area contributed by atoms with Crippen LogP contribution in [0.3, 0.4) is 0 Å². The molecular weight excluding hydrogens is 464 g/mol. The molecular formula is C24H21ClN2O5S. The van der Waals surface area contributed by atoms with Gasteiger partial charge in [-0.15, -0.1) is 11.3 Å². The molecule has 2 heterocycles. The molecule has 7 nitrogen and oxygen atoms in total. The number of fused-ring (bicyclic) bond motifs is 1. The maximum atomic E-state index is 13.2. The van der Waals surface area contributed by atoms with Gasteiger partial charge in [-0.3, -0.25) is 9.36 Å². The molecule has 2 N–H and O–H groups in total. The van der Waals surface area contributed by atoms with Crippen LogP contribution in [0.2, 0.25) is 5.02 Å². The van der Waals surface area contributed by atoms with Crippen molar-refractivity contribution in [2.24, 2.45) is 5.92 Å². The third-order valence-corrected chi connectivity index (χ3v) is 7.08. The van der Waals surface area contributed by atoms with Crippen LogP contribution in [-0.2, 0) is 0 Å². The van der Waals surface area contributed by atoms with Crippen LogP contribution in [0, 0.1) is 5.92 Å². The van der Waals surface area contributed by atoms with Gasteiger partial charge in [0.2, 0.25) is 5.79 Å². The first-order valence-electron chi connectivity index (χ1n) is 10.4. The molecule has 0 unspecified atom stereocenters. The van der Waals surface area contributed by atoms with E-state index in [9.17, 15) is 15.0 Å². The Morgan fingerprint density at radius 2 is 1.91 bits per heavy atom. The molecule has 0 saturated heterocycles. The van der Waals surface area contributed by atoms with Crippen molar-refractivity contribution in [3.63, 3.8) is 0 Å². The molecule has 4 aromatic rings. The van der Waals surface area contributed by atoms with Crippen molar-refractivity contribution in [1.82, 2.24) is 9.55 Å². The van der Waals surface area contributed by atoms with E-state index in [1.807, 2.05) is 30.3 Å². The Morgan fingerprint density at radius 1 is 1.15 bits per heavy atom. The number of hydrogen-bond acceptors (Lipinski definition) is 7. The number of thiophene rings is 1. The molecule has 0 atom stereocenters. The minimum atomic E-state index is -1.86. The van der Waals surface area contributed by atoms with Crippen LogP contribution >= 0.6 is 22.9 Å². The van der Waals surface area contributed by atoms with Crippen LogP contribution < -0.4 is 15.0 Å². The summed E-state index contributed by atoms with van der Waals surface area (Å²) < 4.78 is 13.0. The summed E-state index contributed by atoms with van der Waals surface area (Å²) in [6, 6.07) is 14.3. The predicted octanol–water partition coefficient (Wildman–Crippen LogP) is 4.25. The summed E-state index contributed by atoms with van der Waals surface area (Å²) in [7, 11) is 1.49. The zero-order valence-electron chi connectivity index (χ0n) is 17.7. The van der Waals surface area contributed by atoms with Gasteiger partial charge >= 0.3 is 0 Å². The summed E-state index contributed by atoms with van der Waals surface area (Å²) >= 11 is 7.35. The second-order valence-corrected chi connectivity index (χ2v) is 9.52. The Balaban J connectivity index is 1.46. The smallest absolute Gasteiger partial charge is 0.275 e. The molecule has 1 aliphatic carbocycles. The molecule has 9 heteroatoms. The third kappa shape index (κ3) is 4.35. The van der Waals surface area contributed by atoms with Gasteiger partial charge in [0.05, 0.1) is 18.3 Å². The fourth-order valence-corrected chi connectivity index (χ4v) is 4.80. The number of aromatic nitrogens is 2. The Labute approximate surface area is 198 Å². The molecule has 0 amide bonds. The molecule has 2 aromatic carbocycles. The van der Waals surface area contributed by atoms with Crippen LogP contribution in [0.15, 0.2) is 59.7 Å². The average Bonchev–Trinajstić information content (AvgIpc) is 3.59. The SMILES string of the molecule is COc1cc(-n2cnc3cc(-c4ccc(Cl)cc4)sc3c2=O)ccc1OCC(O)(O)C1CC1. The fourth-order valence-electron chi connectivity index (χ4n) is 3.63. The van der Waals surface area contributed by atoms with Crippen molar-refractivity contribution in [3.8, 4) is 27.6 Å². The summed E-state index contributed by atoms with van der Waals surface area (Å²) in [6.45, 7) is -0.260. The Bertz CT molecular complexity index is 1380. The lowest BCUT2D eigenvalue weighted by Gasteiger charge is -2.22. The van der Waals surface area contributed by atoms with Crippen LogP contribution in [0.1, 0.15) is 12.8 Å². The van der Waals surface area contributed by atoms with Crippen LogP contribution in [-0.4, -0.2) is 39.3 Å². The van der Waals surface area contributed by atoms with Crippen molar-refractivity contribution < 1.29 is 19.7 Å². The van der Waals surface area contributed by atoms with Gasteiger partial charge in [-0.25, -0.2) is 4.98 Å². The summed E-state index contributed by atoms with van der Waals surface area (Å²) in [6.07, 6.45) is 3.03. The monoisotopic (exact) mass is 484 g/mol. The number of rotatable bonds is 7. The van der Waals surface area contributed by atoms with Gasteiger partial charge in [0.1, 0.15) is 17.6 Å². The fraction of sp³-hybridized carbons (Fsp3) is 0.250. The van der Waals surface area contributed by atoms with Crippen molar-refractivity contribution in [2.45, 2.75) is 18.6 Å². The van der Waals surface area contributed by atoms with E-state index >= 15 is 0 Å². The Hall–Kier alpha value is -2.91. The summed E-state index contributed by atoms with van der Waals surface area (Å²) in [5, 5.41) is 20.8. The minimum Gasteiger partial charge on any atom is -0.493 e. The summed E-state index contributed by atoms with van der Waals surface area (Å²) in [4.78, 5) is 18.6. The predicted molar refractivity (Wildman–Crippen MR) is 128 cm³/mol. The maximum Gasteiger partial charge on any atom is 0.275 e. The normalized spacial score (nSPS) is 13.9. The van der Waals surface area contributed by atoms with Crippen molar-refractivity contribution in [3.05, 3.63) is 70.2 Å². The maximum absolute atomic E-state index is 13.2. The number of benzene rings is 2. The molecule has 2 aromatic heterocycles. The molecule has 1 aliphatic rings. The topological polar surface area (TPSA) is 93.8 Å². The first kappa shape index (κ1) is 21.9. The van der Waals surface area contributed by atoms with E-state index in [1.54, 1.807) is 18.2 Å². The molecule has 170 valence electrons. The quantitative estimate of drug-likeness (QED) is 0.381. The lowest BCUT2D eigenvalue weighted by molar-refractivity contribution is -0.196. The van der Waals surface area contributed by atoms with Gasteiger partial charge in [0.15, 0.2) is 11.5 Å². The molecule has 0 radical (unpaired) electrons. The minimum absolute atomic E-state index is 0.164. The van der Waals surface area contributed by atoms with Gasteiger partial charge in [0.25, 0.3) is 5.56 Å². The number of halogens is 1. The lowest BCUT2D eigenvalue weighted by atomic mass is 10.2. The van der Waals surface area contributed by atoms with E-state index < -0.39 is 5.79 Å². The summed E-state index contributed by atoms with van der Waals surface area (Å²) in [5.41, 5.74) is 1.95. The molecule has 0 spiro atoms. The van der Waals surface area contributed by atoms with Crippen LogP contribution in [0.4, 0.5) is 0 Å². The van der Waals surface area contributed by atoms with Gasteiger partial charge < -0.3 is 19.7 Å². The van der Waals surface area contributed by atoms with E-state index in [0.29, 0.717) is 32.4 Å². The van der Waals surface area contributed by atoms with Gasteiger partial charge in [0, 0.05) is 21.9 Å². The highest BCUT2D eigenvalue weighted by Gasteiger charge is 2.43. The molecule has 0 bridgehead atoms. The zero-order valence-corrected chi connectivity index (χ0v) is 19.3. The Morgan fingerprint density at radius 3 is 2.61 bits per heavy atom. The molecule has 0 aliphatic heterocycles. The number of aliphatic hydroxyl groups is 2. The van der Waals surface area contributed by atoms with E-state index in [1.165, 1.54) is 29.3 Å². The second-order valence-electron chi connectivity index (χ2n) is 8.03. The van der Waals surface area contributed by atoms with Gasteiger partial charge in [-0.2, -0.15) is 0 Å². The first-order valence-corrected chi connectivity index (χ1v) is 11.6. The van der Waals surface area contributed by atoms with Crippen molar-refractivity contribution in [1.29, 1.82) is 0 Å². The number of methoxy groups -OCH3 is 1.